The minimum atomic E-state index is -3.60. The Bertz CT molecular complexity index is 1170. The van der Waals surface area contributed by atoms with Gasteiger partial charge in [0, 0.05) is 39.5 Å². The van der Waals surface area contributed by atoms with Gasteiger partial charge in [-0.3, -0.25) is 0 Å². The van der Waals surface area contributed by atoms with Gasteiger partial charge in [-0.15, -0.1) is 10.2 Å². The van der Waals surface area contributed by atoms with E-state index >= 15 is 0 Å². The van der Waals surface area contributed by atoms with Gasteiger partial charge >= 0.3 is 6.03 Å². The summed E-state index contributed by atoms with van der Waals surface area (Å²) in [6.07, 6.45) is 2.39. The monoisotopic (exact) mass is 508 g/mol. The molecule has 1 fully saturated rings. The molecule has 192 valence electrons. The van der Waals surface area contributed by atoms with Gasteiger partial charge in [0.1, 0.15) is 18.2 Å². The number of carbonyl (C=O) groups excluding carboxylic acids is 1. The summed E-state index contributed by atoms with van der Waals surface area (Å²) < 4.78 is 45.1. The lowest BCUT2D eigenvalue weighted by atomic mass is 10.1. The molecule has 0 N–H and O–H groups in total. The predicted molar refractivity (Wildman–Crippen MR) is 127 cm³/mol. The molecule has 2 aliphatic rings. The van der Waals surface area contributed by atoms with Gasteiger partial charge in [0.25, 0.3) is 5.88 Å². The molecule has 2 amide bonds. The summed E-state index contributed by atoms with van der Waals surface area (Å²) >= 11 is 0. The number of rotatable bonds is 9. The summed E-state index contributed by atoms with van der Waals surface area (Å²) in [6, 6.07) is 1.23. The van der Waals surface area contributed by atoms with Gasteiger partial charge in [0.05, 0.1) is 30.6 Å². The van der Waals surface area contributed by atoms with Gasteiger partial charge in [0.2, 0.25) is 0 Å². The van der Waals surface area contributed by atoms with Crippen LogP contribution in [-0.4, -0.2) is 103 Å². The number of hydrogen-bond donors (Lipinski definition) is 0. The second kappa shape index (κ2) is 10.4. The SMILES string of the molecule is CCOc1nccc2c1OC[C@H](COC)n1c(CS(=O)(=O)CCN3C(=O)N(C)CC[C@@H]3C)nnc1-2. The molecule has 0 aliphatic carbocycles. The highest BCUT2D eigenvalue weighted by molar-refractivity contribution is 7.90. The molecule has 0 saturated carbocycles. The molecule has 0 bridgehead atoms. The lowest BCUT2D eigenvalue weighted by Crippen LogP contribution is -2.53. The minimum Gasteiger partial charge on any atom is -0.485 e. The van der Waals surface area contributed by atoms with Crippen molar-refractivity contribution < 1.29 is 27.4 Å². The molecule has 1 saturated heterocycles. The summed E-state index contributed by atoms with van der Waals surface area (Å²) in [5.41, 5.74) is 0.619. The quantitative estimate of drug-likeness (QED) is 0.493. The highest BCUT2D eigenvalue weighted by atomic mass is 32.2. The van der Waals surface area contributed by atoms with Crippen molar-refractivity contribution in [2.24, 2.45) is 0 Å². The van der Waals surface area contributed by atoms with Gasteiger partial charge in [0.15, 0.2) is 21.4 Å². The van der Waals surface area contributed by atoms with Gasteiger partial charge < -0.3 is 28.6 Å². The number of amides is 2. The van der Waals surface area contributed by atoms with Crippen LogP contribution in [0, 0.1) is 0 Å². The normalized spacial score (nSPS) is 20.2. The van der Waals surface area contributed by atoms with Crippen LogP contribution >= 0.6 is 0 Å². The van der Waals surface area contributed by atoms with Crippen molar-refractivity contribution in [2.45, 2.75) is 38.1 Å². The number of aromatic nitrogens is 4. The van der Waals surface area contributed by atoms with Crippen molar-refractivity contribution in [2.75, 3.05) is 52.8 Å². The Morgan fingerprint density at radius 1 is 1.29 bits per heavy atom. The van der Waals surface area contributed by atoms with E-state index < -0.39 is 9.84 Å². The third-order valence-electron chi connectivity index (χ3n) is 6.28. The lowest BCUT2D eigenvalue weighted by molar-refractivity contribution is 0.118. The minimum absolute atomic E-state index is 0.00820. The number of nitrogens with zero attached hydrogens (tertiary/aromatic N) is 6. The van der Waals surface area contributed by atoms with E-state index in [0.717, 1.165) is 6.42 Å². The number of carbonyl (C=O) groups is 1. The van der Waals surface area contributed by atoms with Crippen molar-refractivity contribution in [3.8, 4) is 23.0 Å². The molecule has 4 heterocycles. The van der Waals surface area contributed by atoms with Crippen molar-refractivity contribution in [1.29, 1.82) is 0 Å². The third kappa shape index (κ3) is 5.20. The van der Waals surface area contributed by atoms with E-state index in [2.05, 4.69) is 15.2 Å². The molecular weight excluding hydrogens is 476 g/mol. The Balaban J connectivity index is 1.61. The van der Waals surface area contributed by atoms with Crippen LogP contribution in [0.15, 0.2) is 12.3 Å². The predicted octanol–water partition coefficient (Wildman–Crippen LogP) is 1.38. The zero-order chi connectivity index (χ0) is 25.2. The van der Waals surface area contributed by atoms with Crippen LogP contribution in [0.3, 0.4) is 0 Å². The summed E-state index contributed by atoms with van der Waals surface area (Å²) in [5, 5.41) is 8.56. The average Bonchev–Trinajstić information content (AvgIpc) is 3.14. The summed E-state index contributed by atoms with van der Waals surface area (Å²) in [4.78, 5) is 20.0. The maximum absolute atomic E-state index is 13.1. The van der Waals surface area contributed by atoms with Gasteiger partial charge in [-0.25, -0.2) is 18.2 Å². The van der Waals surface area contributed by atoms with Crippen LogP contribution in [0.5, 0.6) is 11.6 Å². The first-order chi connectivity index (χ1) is 16.8. The zero-order valence-corrected chi connectivity index (χ0v) is 21.3. The first kappa shape index (κ1) is 25.2. The fourth-order valence-corrected chi connectivity index (χ4v) is 5.61. The summed E-state index contributed by atoms with van der Waals surface area (Å²) in [6.45, 7) is 5.48. The molecule has 12 nitrogen and oxygen atoms in total. The Morgan fingerprint density at radius 2 is 2.09 bits per heavy atom. The first-order valence-electron chi connectivity index (χ1n) is 11.7. The molecule has 0 aromatic carbocycles. The van der Waals surface area contributed by atoms with Gasteiger partial charge in [-0.05, 0) is 26.3 Å². The second-order valence-corrected chi connectivity index (χ2v) is 11.0. The first-order valence-corrected chi connectivity index (χ1v) is 13.5. The van der Waals surface area contributed by atoms with Crippen LogP contribution in [0.4, 0.5) is 4.79 Å². The van der Waals surface area contributed by atoms with Crippen molar-refractivity contribution in [3.63, 3.8) is 0 Å². The second-order valence-electron chi connectivity index (χ2n) is 8.78. The topological polar surface area (TPSA) is 129 Å². The molecule has 0 radical (unpaired) electrons. The van der Waals surface area contributed by atoms with E-state index in [9.17, 15) is 13.2 Å². The van der Waals surface area contributed by atoms with Gasteiger partial charge in [-0.1, -0.05) is 0 Å². The fourth-order valence-electron chi connectivity index (χ4n) is 4.40. The van der Waals surface area contributed by atoms with Crippen LogP contribution in [0.25, 0.3) is 11.4 Å². The third-order valence-corrected chi connectivity index (χ3v) is 7.79. The van der Waals surface area contributed by atoms with E-state index in [1.54, 1.807) is 40.8 Å². The number of sulfone groups is 1. The molecule has 2 aromatic rings. The Labute approximate surface area is 205 Å². The standard InChI is InChI=1S/C22H32N6O6S/c1-5-33-21-19-17(6-8-23-21)20-25-24-18(28(20)16(12-32-4)13-34-19)14-35(30,31)11-10-27-15(2)7-9-26(3)22(27)29/h6,8,15-16H,5,7,9-14H2,1-4H3/t15-,16-/m0/s1. The largest absolute Gasteiger partial charge is 0.485 e. The summed E-state index contributed by atoms with van der Waals surface area (Å²) in [5.74, 6) is 1.07. The number of hydrogen-bond acceptors (Lipinski definition) is 9. The van der Waals surface area contributed by atoms with E-state index in [4.69, 9.17) is 14.2 Å². The fraction of sp³-hybridized carbons (Fsp3) is 0.636. The molecule has 0 spiro atoms. The number of pyridine rings is 1. The highest BCUT2D eigenvalue weighted by Crippen LogP contribution is 2.40. The summed E-state index contributed by atoms with van der Waals surface area (Å²) in [7, 11) is -0.306. The molecule has 4 rings (SSSR count). The van der Waals surface area contributed by atoms with E-state index in [1.165, 1.54) is 0 Å². The molecule has 35 heavy (non-hydrogen) atoms. The lowest BCUT2D eigenvalue weighted by Gasteiger charge is -2.38. The molecule has 2 aromatic heterocycles. The van der Waals surface area contributed by atoms with Crippen molar-refractivity contribution in [1.82, 2.24) is 29.5 Å². The Kier molecular flexibility index (Phi) is 7.45. The number of methoxy groups -OCH3 is 1. The van der Waals surface area contributed by atoms with E-state index in [-0.39, 0.29) is 49.4 Å². The average molecular weight is 509 g/mol. The van der Waals surface area contributed by atoms with Crippen LogP contribution in [0.1, 0.15) is 32.1 Å². The molecule has 2 aliphatic heterocycles. The molecule has 0 unspecified atom stereocenters. The highest BCUT2D eigenvalue weighted by Gasteiger charge is 2.33. The Hall–Kier alpha value is -2.93. The maximum atomic E-state index is 13.1. The molecular formula is C22H32N6O6S. The van der Waals surface area contributed by atoms with Crippen LogP contribution in [-0.2, 0) is 20.3 Å². The zero-order valence-electron chi connectivity index (χ0n) is 20.5. The molecule has 13 heteroatoms. The smallest absolute Gasteiger partial charge is 0.320 e. The maximum Gasteiger partial charge on any atom is 0.320 e. The van der Waals surface area contributed by atoms with Crippen LogP contribution < -0.4 is 9.47 Å². The molecule has 2 atom stereocenters. The number of ether oxygens (including phenoxy) is 3. The number of urea groups is 1. The van der Waals surface area contributed by atoms with Crippen LogP contribution in [0.2, 0.25) is 0 Å². The van der Waals surface area contributed by atoms with Crippen molar-refractivity contribution in [3.05, 3.63) is 18.1 Å². The number of fused-ring (bicyclic) bond motifs is 3. The van der Waals surface area contributed by atoms with E-state index in [0.29, 0.717) is 42.0 Å². The van der Waals surface area contributed by atoms with Gasteiger partial charge in [-0.2, -0.15) is 0 Å². The van der Waals surface area contributed by atoms with Crippen molar-refractivity contribution >= 4 is 15.9 Å². The van der Waals surface area contributed by atoms with E-state index in [1.807, 2.05) is 13.8 Å². The Morgan fingerprint density at radius 3 is 2.83 bits per heavy atom.